The average molecular weight is 254 g/mol. The van der Waals surface area contributed by atoms with Gasteiger partial charge in [-0.05, 0) is 0 Å². The Morgan fingerprint density at radius 3 is 3.00 bits per heavy atom. The summed E-state index contributed by atoms with van der Waals surface area (Å²) < 4.78 is 0. The average Bonchev–Trinajstić information content (AvgIpc) is 2.78. The van der Waals surface area contributed by atoms with Crippen LogP contribution < -0.4 is 5.32 Å². The molecule has 2 heterocycles. The molecule has 0 atom stereocenters. The number of aromatic nitrogens is 3. The molecular formula is C9H8ClN5O2. The first kappa shape index (κ1) is 11.3. The minimum atomic E-state index is -0.517. The van der Waals surface area contributed by atoms with Crippen molar-refractivity contribution in [2.45, 2.75) is 6.54 Å². The van der Waals surface area contributed by atoms with Gasteiger partial charge in [-0.3, -0.25) is 15.2 Å². The second-order valence-electron chi connectivity index (χ2n) is 3.25. The highest BCUT2D eigenvalue weighted by molar-refractivity contribution is 6.29. The van der Waals surface area contributed by atoms with Crippen LogP contribution in [0.15, 0.2) is 24.5 Å². The van der Waals surface area contributed by atoms with Gasteiger partial charge in [0.15, 0.2) is 0 Å². The van der Waals surface area contributed by atoms with E-state index < -0.39 is 4.92 Å². The standard InChI is InChI=1S/C9H8ClN5O2/c10-8-1-7(15(16)17)2-9(14-8)11-3-6-4-12-13-5-6/h1-2,4-5H,3H2,(H,11,14)(H,12,13). The highest BCUT2D eigenvalue weighted by Gasteiger charge is 2.09. The maximum Gasteiger partial charge on any atom is 0.276 e. The molecule has 0 fully saturated rings. The van der Waals surface area contributed by atoms with E-state index in [2.05, 4.69) is 20.5 Å². The molecule has 0 aliphatic rings. The Balaban J connectivity index is 2.13. The van der Waals surface area contributed by atoms with E-state index in [1.165, 1.54) is 12.1 Å². The molecule has 0 saturated carbocycles. The van der Waals surface area contributed by atoms with Crippen LogP contribution in [0.1, 0.15) is 5.56 Å². The lowest BCUT2D eigenvalue weighted by Gasteiger charge is -2.03. The molecule has 0 saturated heterocycles. The number of rotatable bonds is 4. The molecule has 2 aromatic heterocycles. The van der Waals surface area contributed by atoms with E-state index in [1.54, 1.807) is 12.4 Å². The van der Waals surface area contributed by atoms with E-state index in [0.29, 0.717) is 12.4 Å². The lowest BCUT2D eigenvalue weighted by Crippen LogP contribution is -2.01. The molecule has 0 spiro atoms. The van der Waals surface area contributed by atoms with E-state index >= 15 is 0 Å². The van der Waals surface area contributed by atoms with Crippen LogP contribution in [0.4, 0.5) is 11.5 Å². The largest absolute Gasteiger partial charge is 0.366 e. The topological polar surface area (TPSA) is 96.7 Å². The quantitative estimate of drug-likeness (QED) is 0.493. The lowest BCUT2D eigenvalue weighted by atomic mass is 10.3. The molecule has 0 aromatic carbocycles. The number of pyridine rings is 1. The maximum atomic E-state index is 10.6. The van der Waals surface area contributed by atoms with Gasteiger partial charge in [0.2, 0.25) is 0 Å². The van der Waals surface area contributed by atoms with E-state index in [0.717, 1.165) is 5.56 Å². The SMILES string of the molecule is O=[N+]([O-])c1cc(Cl)nc(NCc2cn[nH]c2)c1. The van der Waals surface area contributed by atoms with Gasteiger partial charge in [-0.15, -0.1) is 0 Å². The van der Waals surface area contributed by atoms with Gasteiger partial charge in [0.05, 0.1) is 23.3 Å². The molecule has 0 amide bonds. The Morgan fingerprint density at radius 2 is 2.35 bits per heavy atom. The summed E-state index contributed by atoms with van der Waals surface area (Å²) in [6, 6.07) is 2.52. The number of anilines is 1. The number of hydrogen-bond donors (Lipinski definition) is 2. The Morgan fingerprint density at radius 1 is 1.53 bits per heavy atom. The predicted octanol–water partition coefficient (Wildman–Crippen LogP) is 1.98. The van der Waals surface area contributed by atoms with Crippen molar-refractivity contribution < 1.29 is 4.92 Å². The highest BCUT2D eigenvalue weighted by Crippen LogP contribution is 2.20. The smallest absolute Gasteiger partial charge is 0.276 e. The fourth-order valence-electron chi connectivity index (χ4n) is 1.25. The van der Waals surface area contributed by atoms with Crippen molar-refractivity contribution in [2.24, 2.45) is 0 Å². The second-order valence-corrected chi connectivity index (χ2v) is 3.64. The number of nitro groups is 1. The van der Waals surface area contributed by atoms with Gasteiger partial charge in [0.1, 0.15) is 11.0 Å². The molecule has 2 N–H and O–H groups in total. The van der Waals surface area contributed by atoms with Crippen molar-refractivity contribution in [3.05, 3.63) is 45.4 Å². The Kier molecular flexibility index (Phi) is 3.20. The summed E-state index contributed by atoms with van der Waals surface area (Å²) in [5, 5.41) is 20.1. The molecular weight excluding hydrogens is 246 g/mol. The number of nitrogens with zero attached hydrogens (tertiary/aromatic N) is 3. The van der Waals surface area contributed by atoms with Crippen molar-refractivity contribution >= 4 is 23.1 Å². The van der Waals surface area contributed by atoms with Crippen molar-refractivity contribution in [1.29, 1.82) is 0 Å². The molecule has 0 aliphatic heterocycles. The highest BCUT2D eigenvalue weighted by atomic mass is 35.5. The van der Waals surface area contributed by atoms with Crippen LogP contribution in [0.25, 0.3) is 0 Å². The molecule has 2 rings (SSSR count). The first-order chi connectivity index (χ1) is 8.15. The summed E-state index contributed by atoms with van der Waals surface area (Å²) in [5.41, 5.74) is 0.814. The predicted molar refractivity (Wildman–Crippen MR) is 61.8 cm³/mol. The maximum absolute atomic E-state index is 10.6. The van der Waals surface area contributed by atoms with Gasteiger partial charge in [-0.25, -0.2) is 4.98 Å². The normalized spacial score (nSPS) is 10.2. The number of H-pyrrole nitrogens is 1. The monoisotopic (exact) mass is 253 g/mol. The molecule has 0 radical (unpaired) electrons. The van der Waals surface area contributed by atoms with Crippen molar-refractivity contribution in [2.75, 3.05) is 5.32 Å². The minimum absolute atomic E-state index is 0.0777. The van der Waals surface area contributed by atoms with Crippen LogP contribution in [0, 0.1) is 10.1 Å². The lowest BCUT2D eigenvalue weighted by molar-refractivity contribution is -0.384. The molecule has 0 aliphatic carbocycles. The van der Waals surface area contributed by atoms with E-state index in [-0.39, 0.29) is 10.8 Å². The first-order valence-corrected chi connectivity index (χ1v) is 5.06. The summed E-state index contributed by atoms with van der Waals surface area (Å²) in [6.07, 6.45) is 3.36. The van der Waals surface area contributed by atoms with Gasteiger partial charge in [-0.2, -0.15) is 5.10 Å². The molecule has 7 nitrogen and oxygen atoms in total. The third-order valence-corrected chi connectivity index (χ3v) is 2.21. The zero-order valence-corrected chi connectivity index (χ0v) is 9.31. The van der Waals surface area contributed by atoms with Crippen LogP contribution in [0.2, 0.25) is 5.15 Å². The molecule has 2 aromatic rings. The van der Waals surface area contributed by atoms with E-state index in [4.69, 9.17) is 11.6 Å². The van der Waals surface area contributed by atoms with E-state index in [9.17, 15) is 10.1 Å². The molecule has 88 valence electrons. The molecule has 0 bridgehead atoms. The van der Waals surface area contributed by atoms with Crippen LogP contribution in [-0.4, -0.2) is 20.1 Å². The Hall–Kier alpha value is -2.15. The van der Waals surface area contributed by atoms with Crippen LogP contribution in [0.5, 0.6) is 0 Å². The van der Waals surface area contributed by atoms with Crippen molar-refractivity contribution in [1.82, 2.24) is 15.2 Å². The third kappa shape index (κ3) is 2.91. The van der Waals surface area contributed by atoms with Crippen LogP contribution >= 0.6 is 11.6 Å². The summed E-state index contributed by atoms with van der Waals surface area (Å²) in [7, 11) is 0. The zero-order chi connectivity index (χ0) is 12.3. The van der Waals surface area contributed by atoms with Crippen LogP contribution in [0.3, 0.4) is 0 Å². The number of aromatic amines is 1. The Bertz CT molecular complexity index is 528. The second kappa shape index (κ2) is 4.79. The zero-order valence-electron chi connectivity index (χ0n) is 8.55. The summed E-state index contributed by atoms with van der Waals surface area (Å²) in [6.45, 7) is 0.459. The van der Waals surface area contributed by atoms with Crippen molar-refractivity contribution in [3.63, 3.8) is 0 Å². The van der Waals surface area contributed by atoms with Crippen LogP contribution in [-0.2, 0) is 6.54 Å². The molecule has 17 heavy (non-hydrogen) atoms. The van der Waals surface area contributed by atoms with Gasteiger partial charge in [0, 0.05) is 18.3 Å². The first-order valence-electron chi connectivity index (χ1n) is 4.68. The van der Waals surface area contributed by atoms with Gasteiger partial charge < -0.3 is 5.32 Å². The summed E-state index contributed by atoms with van der Waals surface area (Å²) >= 11 is 5.68. The third-order valence-electron chi connectivity index (χ3n) is 2.02. The number of hydrogen-bond acceptors (Lipinski definition) is 5. The van der Waals surface area contributed by atoms with Gasteiger partial charge in [0.25, 0.3) is 5.69 Å². The summed E-state index contributed by atoms with van der Waals surface area (Å²) in [4.78, 5) is 14.0. The molecule has 8 heteroatoms. The number of halogens is 1. The molecule has 0 unspecified atom stereocenters. The Labute approximate surface area is 101 Å². The van der Waals surface area contributed by atoms with Gasteiger partial charge in [-0.1, -0.05) is 11.6 Å². The fraction of sp³-hybridized carbons (Fsp3) is 0.111. The van der Waals surface area contributed by atoms with Crippen molar-refractivity contribution in [3.8, 4) is 0 Å². The minimum Gasteiger partial charge on any atom is -0.366 e. The summed E-state index contributed by atoms with van der Waals surface area (Å²) in [5.74, 6) is 0.352. The fourth-order valence-corrected chi connectivity index (χ4v) is 1.45. The van der Waals surface area contributed by atoms with Gasteiger partial charge >= 0.3 is 0 Å². The van der Waals surface area contributed by atoms with E-state index in [1.807, 2.05) is 0 Å². The number of nitrogens with one attached hydrogen (secondary N) is 2.